The Balaban J connectivity index is 1.79. The molecule has 3 rings (SSSR count). The van der Waals surface area contributed by atoms with E-state index in [2.05, 4.69) is 17.4 Å². The van der Waals surface area contributed by atoms with Crippen molar-refractivity contribution < 1.29 is 42.5 Å². The van der Waals surface area contributed by atoms with Gasteiger partial charge in [0.1, 0.15) is 24.4 Å². The first kappa shape index (κ1) is 41.6. The number of nitrogens with zero attached hydrogens (tertiary/aromatic N) is 1. The van der Waals surface area contributed by atoms with Gasteiger partial charge in [-0.25, -0.2) is 14.0 Å². The third-order valence-electron chi connectivity index (χ3n) is 8.97. The van der Waals surface area contributed by atoms with Gasteiger partial charge in [0.05, 0.1) is 0 Å². The summed E-state index contributed by atoms with van der Waals surface area (Å²) in [4.78, 5) is 55.2. The Bertz CT molecular complexity index is 1410. The minimum Gasteiger partial charge on any atom is -0.458 e. The number of nitrogens with one attached hydrogen (secondary N) is 1. The molecule has 1 aliphatic rings. The van der Waals surface area contributed by atoms with Gasteiger partial charge in [0.2, 0.25) is 0 Å². The van der Waals surface area contributed by atoms with E-state index in [0.717, 1.165) is 37.2 Å². The Hall–Kier alpha value is -3.83. The number of amides is 1. The third-order valence-corrected chi connectivity index (χ3v) is 8.97. The lowest BCUT2D eigenvalue weighted by atomic mass is 9.87. The number of esters is 3. The zero-order valence-electron chi connectivity index (χ0n) is 31.5. The second-order valence-electron chi connectivity index (χ2n) is 15.3. The number of likely N-dealkylation sites (N-methyl/N-ethyl adjacent to an activating group) is 2. The van der Waals surface area contributed by atoms with E-state index < -0.39 is 59.2 Å². The van der Waals surface area contributed by atoms with Crippen LogP contribution < -0.4 is 5.32 Å². The molecule has 1 heterocycles. The van der Waals surface area contributed by atoms with Crippen LogP contribution in [-0.2, 0) is 51.2 Å². The fourth-order valence-electron chi connectivity index (χ4n) is 6.02. The lowest BCUT2D eigenvalue weighted by Crippen LogP contribution is -2.51. The van der Waals surface area contributed by atoms with Crippen LogP contribution in [0.4, 0.5) is 4.39 Å². The minimum atomic E-state index is -1.67. The van der Waals surface area contributed by atoms with E-state index in [9.17, 15) is 23.6 Å². The summed E-state index contributed by atoms with van der Waals surface area (Å²) >= 11 is 0. The SMILES string of the molecule is CN[C@@H](CC(C)(C)F)C(=O)O[C@H](CCc1ccc(C2CCOCC2)cc1)C(=O)N(C)[C@@H](CC(C)(C)C)C(=O)O[C@H](C)C(=O)OCc1ccccc1. The van der Waals surface area contributed by atoms with Crippen LogP contribution >= 0.6 is 0 Å². The number of hydrogen-bond donors (Lipinski definition) is 1. The summed E-state index contributed by atoms with van der Waals surface area (Å²) in [6.07, 6.45) is -0.0135. The Kier molecular flexibility index (Phi) is 15.6. The number of rotatable bonds is 17. The molecule has 0 unspecified atom stereocenters. The first-order chi connectivity index (χ1) is 24.0. The third kappa shape index (κ3) is 14.0. The Morgan fingerprint density at radius 3 is 2.08 bits per heavy atom. The molecule has 0 aliphatic carbocycles. The average molecular weight is 713 g/mol. The molecular formula is C40H57FN2O8. The van der Waals surface area contributed by atoms with Gasteiger partial charge >= 0.3 is 17.9 Å². The van der Waals surface area contributed by atoms with Crippen molar-refractivity contribution in [3.8, 4) is 0 Å². The van der Waals surface area contributed by atoms with Crippen molar-refractivity contribution >= 4 is 23.8 Å². The van der Waals surface area contributed by atoms with Gasteiger partial charge in [0.25, 0.3) is 5.91 Å². The van der Waals surface area contributed by atoms with Crippen LogP contribution in [-0.4, -0.2) is 86.0 Å². The predicted molar refractivity (Wildman–Crippen MR) is 193 cm³/mol. The van der Waals surface area contributed by atoms with E-state index in [0.29, 0.717) is 12.3 Å². The molecule has 1 amide bonds. The summed E-state index contributed by atoms with van der Waals surface area (Å²) < 4.78 is 36.8. The van der Waals surface area contributed by atoms with E-state index >= 15 is 0 Å². The van der Waals surface area contributed by atoms with Crippen LogP contribution in [0.1, 0.15) is 96.3 Å². The van der Waals surface area contributed by atoms with Gasteiger partial charge in [-0.1, -0.05) is 75.4 Å². The van der Waals surface area contributed by atoms with Gasteiger partial charge < -0.3 is 29.2 Å². The fourth-order valence-corrected chi connectivity index (χ4v) is 6.02. The summed E-state index contributed by atoms with van der Waals surface area (Å²) in [5, 5.41) is 2.80. The van der Waals surface area contributed by atoms with Crippen molar-refractivity contribution in [2.75, 3.05) is 27.3 Å². The van der Waals surface area contributed by atoms with Crippen LogP contribution in [0.3, 0.4) is 0 Å². The number of benzene rings is 2. The summed E-state index contributed by atoms with van der Waals surface area (Å²) in [5.74, 6) is -2.45. The Morgan fingerprint density at radius 1 is 0.882 bits per heavy atom. The van der Waals surface area contributed by atoms with Gasteiger partial charge in [-0.15, -0.1) is 0 Å². The van der Waals surface area contributed by atoms with Gasteiger partial charge in [0, 0.05) is 26.7 Å². The largest absolute Gasteiger partial charge is 0.458 e. The molecule has 2 aromatic carbocycles. The fraction of sp³-hybridized carbons (Fsp3) is 0.600. The summed E-state index contributed by atoms with van der Waals surface area (Å²) in [5.41, 5.74) is 0.860. The Labute approximate surface area is 302 Å². The van der Waals surface area contributed by atoms with E-state index in [1.54, 1.807) is 0 Å². The lowest BCUT2D eigenvalue weighted by Gasteiger charge is -2.34. The zero-order chi connectivity index (χ0) is 37.8. The number of alkyl halides is 1. The molecule has 2 aromatic rings. The number of ether oxygens (including phenoxy) is 4. The van der Waals surface area contributed by atoms with Gasteiger partial charge in [0.15, 0.2) is 12.2 Å². The molecule has 1 N–H and O–H groups in total. The van der Waals surface area contributed by atoms with Gasteiger partial charge in [-0.3, -0.25) is 9.59 Å². The molecule has 0 bridgehead atoms. The maximum atomic E-state index is 14.6. The van der Waals surface area contributed by atoms with E-state index in [-0.39, 0.29) is 25.9 Å². The molecule has 1 fully saturated rings. The van der Waals surface area contributed by atoms with E-state index in [4.69, 9.17) is 18.9 Å². The van der Waals surface area contributed by atoms with Crippen LogP contribution in [0.5, 0.6) is 0 Å². The Morgan fingerprint density at radius 2 is 1.51 bits per heavy atom. The van der Waals surface area contributed by atoms with Crippen molar-refractivity contribution in [3.63, 3.8) is 0 Å². The van der Waals surface area contributed by atoms with Crippen LogP contribution in [0.15, 0.2) is 54.6 Å². The molecule has 1 aliphatic heterocycles. The second kappa shape index (κ2) is 19.1. The van der Waals surface area contributed by atoms with Crippen LogP contribution in [0, 0.1) is 5.41 Å². The summed E-state index contributed by atoms with van der Waals surface area (Å²) in [7, 11) is 2.99. The second-order valence-corrected chi connectivity index (χ2v) is 15.3. The first-order valence-electron chi connectivity index (χ1n) is 17.9. The molecule has 0 aromatic heterocycles. The molecule has 0 saturated carbocycles. The number of aryl methyl sites for hydroxylation is 1. The van der Waals surface area contributed by atoms with Crippen molar-refractivity contribution in [2.24, 2.45) is 5.41 Å². The highest BCUT2D eigenvalue weighted by Gasteiger charge is 2.39. The zero-order valence-corrected chi connectivity index (χ0v) is 31.5. The highest BCUT2D eigenvalue weighted by atomic mass is 19.1. The summed E-state index contributed by atoms with van der Waals surface area (Å²) in [6.45, 7) is 11.4. The molecule has 11 heteroatoms. The number of hydrogen-bond acceptors (Lipinski definition) is 9. The molecule has 4 atom stereocenters. The standard InChI is InChI=1S/C40H57FN2O8/c1-27(36(45)49-26-29-12-10-9-11-13-29)50-38(47)33(25-39(2,3)4)43(8)35(44)34(51-37(46)32(42-7)24-40(5,6)41)19-16-28-14-17-30(18-15-28)31-20-22-48-23-21-31/h9-15,17-18,27,31-34,42H,16,19-26H2,1-8H3/t27-,32+,33+,34-/m1/s1. The molecular weight excluding hydrogens is 655 g/mol. The molecule has 10 nitrogen and oxygen atoms in total. The maximum absolute atomic E-state index is 14.6. The highest BCUT2D eigenvalue weighted by molar-refractivity contribution is 5.90. The highest BCUT2D eigenvalue weighted by Crippen LogP contribution is 2.28. The van der Waals surface area contributed by atoms with E-state index in [1.807, 2.05) is 63.2 Å². The lowest BCUT2D eigenvalue weighted by molar-refractivity contribution is -0.174. The smallest absolute Gasteiger partial charge is 0.347 e. The average Bonchev–Trinajstić information content (AvgIpc) is 3.09. The van der Waals surface area contributed by atoms with Gasteiger partial charge in [-0.2, -0.15) is 0 Å². The molecule has 0 radical (unpaired) electrons. The van der Waals surface area contributed by atoms with E-state index in [1.165, 1.54) is 45.3 Å². The minimum absolute atomic E-state index is 0.0177. The van der Waals surface area contributed by atoms with Crippen LogP contribution in [0.2, 0.25) is 0 Å². The van der Waals surface area contributed by atoms with Crippen molar-refractivity contribution in [1.29, 1.82) is 0 Å². The monoisotopic (exact) mass is 712 g/mol. The van der Waals surface area contributed by atoms with Crippen molar-refractivity contribution in [3.05, 3.63) is 71.3 Å². The van der Waals surface area contributed by atoms with Crippen LogP contribution in [0.25, 0.3) is 0 Å². The predicted octanol–water partition coefficient (Wildman–Crippen LogP) is 6.09. The normalized spacial score (nSPS) is 16.3. The number of carbonyl (C=O) groups excluding carboxylic acids is 4. The van der Waals surface area contributed by atoms with Gasteiger partial charge in [-0.05, 0) is 87.9 Å². The number of carbonyl (C=O) groups is 4. The maximum Gasteiger partial charge on any atom is 0.347 e. The van der Waals surface area contributed by atoms with Crippen molar-refractivity contribution in [2.45, 2.75) is 123 Å². The molecule has 282 valence electrons. The molecule has 1 saturated heterocycles. The first-order valence-corrected chi connectivity index (χ1v) is 17.9. The molecule has 0 spiro atoms. The quantitative estimate of drug-likeness (QED) is 0.154. The number of halogens is 1. The molecule has 51 heavy (non-hydrogen) atoms. The topological polar surface area (TPSA) is 120 Å². The van der Waals surface area contributed by atoms with Crippen molar-refractivity contribution in [1.82, 2.24) is 10.2 Å². The summed E-state index contributed by atoms with van der Waals surface area (Å²) in [6, 6.07) is 15.2.